The first-order valence-corrected chi connectivity index (χ1v) is 10.1. The lowest BCUT2D eigenvalue weighted by atomic mass is 10.1. The number of hydrogen-bond acceptors (Lipinski definition) is 6. The highest BCUT2D eigenvalue weighted by Gasteiger charge is 2.59. The van der Waals surface area contributed by atoms with Gasteiger partial charge in [-0.25, -0.2) is 9.59 Å². The summed E-state index contributed by atoms with van der Waals surface area (Å²) in [4.78, 5) is 26.3. The Morgan fingerprint density at radius 3 is 2.50 bits per heavy atom. The maximum atomic E-state index is 12.3. The van der Waals surface area contributed by atoms with Crippen LogP contribution in [-0.2, 0) is 16.1 Å². The van der Waals surface area contributed by atoms with Crippen molar-refractivity contribution in [2.75, 3.05) is 18.4 Å². The zero-order valence-electron chi connectivity index (χ0n) is 17.7. The van der Waals surface area contributed by atoms with Crippen LogP contribution in [0.15, 0.2) is 34.9 Å². The molecule has 2 aromatic rings. The van der Waals surface area contributed by atoms with Gasteiger partial charge in [0.15, 0.2) is 5.76 Å². The first-order chi connectivity index (χ1) is 14.2. The zero-order valence-corrected chi connectivity index (χ0v) is 17.7. The van der Waals surface area contributed by atoms with Gasteiger partial charge in [-0.1, -0.05) is 35.5 Å². The smallest absolute Gasteiger partial charge is 0.412 e. The van der Waals surface area contributed by atoms with E-state index in [9.17, 15) is 9.59 Å². The molecule has 1 N–H and O–H groups in total. The lowest BCUT2D eigenvalue weighted by Crippen LogP contribution is -2.36. The molecule has 2 unspecified atom stereocenters. The van der Waals surface area contributed by atoms with Gasteiger partial charge in [-0.05, 0) is 45.1 Å². The van der Waals surface area contributed by atoms with Crippen molar-refractivity contribution in [1.82, 2.24) is 10.1 Å². The van der Waals surface area contributed by atoms with Crippen molar-refractivity contribution in [3.8, 4) is 0 Å². The Morgan fingerprint density at radius 2 is 1.87 bits per heavy atom. The highest BCUT2D eigenvalue weighted by Crippen LogP contribution is 2.59. The molecular weight excluding hydrogens is 386 g/mol. The van der Waals surface area contributed by atoms with Gasteiger partial charge in [0, 0.05) is 19.0 Å². The first kappa shape index (κ1) is 20.3. The van der Waals surface area contributed by atoms with Crippen LogP contribution in [0.25, 0.3) is 0 Å². The van der Waals surface area contributed by atoms with Gasteiger partial charge in [0.05, 0.1) is 0 Å². The fourth-order valence-electron chi connectivity index (χ4n) is 4.04. The molecule has 1 aliphatic heterocycles. The van der Waals surface area contributed by atoms with Crippen molar-refractivity contribution < 1.29 is 23.6 Å². The number of aromatic nitrogens is 1. The van der Waals surface area contributed by atoms with Gasteiger partial charge in [0.1, 0.15) is 23.6 Å². The number of benzene rings is 1. The Morgan fingerprint density at radius 1 is 1.20 bits per heavy atom. The van der Waals surface area contributed by atoms with Crippen LogP contribution in [0.3, 0.4) is 0 Å². The number of fused-ring (bicyclic) bond motifs is 1. The molecule has 0 bridgehead atoms. The number of piperidine rings is 1. The number of nitrogens with one attached hydrogen (secondary N) is 1. The van der Waals surface area contributed by atoms with Crippen LogP contribution in [0.4, 0.5) is 15.3 Å². The third-order valence-corrected chi connectivity index (χ3v) is 5.49. The normalized spacial score (nSPS) is 22.4. The highest BCUT2D eigenvalue weighted by molar-refractivity contribution is 5.86. The van der Waals surface area contributed by atoms with Crippen LogP contribution in [0, 0.1) is 18.8 Å². The van der Waals surface area contributed by atoms with Gasteiger partial charge in [-0.3, -0.25) is 5.32 Å². The van der Waals surface area contributed by atoms with Crippen LogP contribution in [0.5, 0.6) is 0 Å². The van der Waals surface area contributed by atoms with E-state index in [-0.39, 0.29) is 18.6 Å². The highest BCUT2D eigenvalue weighted by atomic mass is 16.6. The second kappa shape index (κ2) is 7.66. The maximum absolute atomic E-state index is 12.3. The largest absolute Gasteiger partial charge is 0.444 e. The van der Waals surface area contributed by atoms with Crippen molar-refractivity contribution in [2.45, 2.75) is 45.8 Å². The number of nitrogens with zero attached hydrogens (tertiary/aromatic N) is 2. The molecule has 0 spiro atoms. The lowest BCUT2D eigenvalue weighted by molar-refractivity contribution is 0.0270. The number of hydrogen-bond donors (Lipinski definition) is 1. The van der Waals surface area contributed by atoms with Gasteiger partial charge in [0.2, 0.25) is 0 Å². The molecule has 1 aromatic carbocycles. The number of anilines is 1. The fourth-order valence-corrected chi connectivity index (χ4v) is 4.04. The Labute approximate surface area is 175 Å². The minimum atomic E-state index is -0.549. The van der Waals surface area contributed by atoms with Crippen LogP contribution >= 0.6 is 0 Å². The summed E-state index contributed by atoms with van der Waals surface area (Å²) in [5.74, 6) is 1.28. The van der Waals surface area contributed by atoms with Crippen molar-refractivity contribution in [1.29, 1.82) is 0 Å². The summed E-state index contributed by atoms with van der Waals surface area (Å²) >= 11 is 0. The standard InChI is InChI=1S/C22H27N3O5/c1-13-18(23-20(26)28-12-14-8-6-5-7-9-14)19(24-30-13)17-15-10-25(11-16(15)17)21(27)29-22(2,3)4/h5-9,15-17H,10-12H2,1-4H3,(H,23,26). The van der Waals surface area contributed by atoms with E-state index in [1.807, 2.05) is 51.1 Å². The molecule has 1 aromatic heterocycles. The Balaban J connectivity index is 1.34. The second-order valence-corrected chi connectivity index (χ2v) is 8.92. The molecule has 1 saturated heterocycles. The Hall–Kier alpha value is -3.03. The zero-order chi connectivity index (χ0) is 21.5. The van der Waals surface area contributed by atoms with Gasteiger partial charge in [-0.15, -0.1) is 0 Å². The molecule has 2 heterocycles. The maximum Gasteiger partial charge on any atom is 0.412 e. The van der Waals surface area contributed by atoms with Crippen LogP contribution in [0.2, 0.25) is 0 Å². The van der Waals surface area contributed by atoms with E-state index < -0.39 is 11.7 Å². The number of likely N-dealkylation sites (tertiary alicyclic amines) is 1. The molecule has 2 aliphatic rings. The minimum absolute atomic E-state index is 0.158. The first-order valence-electron chi connectivity index (χ1n) is 10.1. The Kier molecular flexibility index (Phi) is 5.17. The van der Waals surface area contributed by atoms with Crippen molar-refractivity contribution in [2.24, 2.45) is 11.8 Å². The molecule has 160 valence electrons. The Bertz CT molecular complexity index is 922. The molecule has 2 fully saturated rings. The number of amides is 2. The molecule has 1 aliphatic carbocycles. The van der Waals surface area contributed by atoms with Crippen LogP contribution in [0.1, 0.15) is 43.7 Å². The summed E-state index contributed by atoms with van der Waals surface area (Å²) in [5.41, 5.74) is 1.69. The third kappa shape index (κ3) is 4.27. The van der Waals surface area contributed by atoms with E-state index in [1.54, 1.807) is 11.8 Å². The van der Waals surface area contributed by atoms with Gasteiger partial charge in [0.25, 0.3) is 0 Å². The lowest BCUT2D eigenvalue weighted by Gasteiger charge is -2.25. The number of aryl methyl sites for hydroxylation is 1. The van der Waals surface area contributed by atoms with Crippen LogP contribution in [-0.4, -0.2) is 40.9 Å². The second-order valence-electron chi connectivity index (χ2n) is 8.92. The number of ether oxygens (including phenoxy) is 2. The van der Waals surface area contributed by atoms with E-state index in [1.165, 1.54) is 0 Å². The van der Waals surface area contributed by atoms with Crippen molar-refractivity contribution in [3.63, 3.8) is 0 Å². The van der Waals surface area contributed by atoms with Gasteiger partial charge in [-0.2, -0.15) is 0 Å². The SMILES string of the molecule is Cc1onc(C2C3CN(C(=O)OC(C)(C)C)CC32)c1NC(=O)OCc1ccccc1. The number of carbonyl (C=O) groups is 2. The van der Waals surface area contributed by atoms with E-state index in [4.69, 9.17) is 14.0 Å². The molecule has 8 nitrogen and oxygen atoms in total. The predicted molar refractivity (Wildman–Crippen MR) is 109 cm³/mol. The molecule has 1 saturated carbocycles. The molecule has 8 heteroatoms. The summed E-state index contributed by atoms with van der Waals surface area (Å²) in [7, 11) is 0. The third-order valence-electron chi connectivity index (χ3n) is 5.49. The average molecular weight is 413 g/mol. The molecular formula is C22H27N3O5. The van der Waals surface area contributed by atoms with Crippen molar-refractivity contribution in [3.05, 3.63) is 47.3 Å². The van der Waals surface area contributed by atoms with E-state index in [0.29, 0.717) is 36.4 Å². The summed E-state index contributed by atoms with van der Waals surface area (Å²) in [5, 5.41) is 6.96. The number of carbonyl (C=O) groups excluding carboxylic acids is 2. The summed E-state index contributed by atoms with van der Waals surface area (Å²) < 4.78 is 16.1. The molecule has 30 heavy (non-hydrogen) atoms. The summed E-state index contributed by atoms with van der Waals surface area (Å²) in [6.07, 6.45) is -0.833. The summed E-state index contributed by atoms with van der Waals surface area (Å²) in [6, 6.07) is 9.49. The molecule has 2 atom stereocenters. The molecule has 0 radical (unpaired) electrons. The minimum Gasteiger partial charge on any atom is -0.444 e. The molecule has 4 rings (SSSR count). The predicted octanol–water partition coefficient (Wildman–Crippen LogP) is 4.31. The fraction of sp³-hybridized carbons (Fsp3) is 0.500. The molecule has 2 amide bonds. The van der Waals surface area contributed by atoms with E-state index >= 15 is 0 Å². The van der Waals surface area contributed by atoms with Gasteiger partial charge >= 0.3 is 12.2 Å². The number of rotatable bonds is 4. The van der Waals surface area contributed by atoms with Crippen molar-refractivity contribution >= 4 is 17.9 Å². The quantitative estimate of drug-likeness (QED) is 0.803. The topological polar surface area (TPSA) is 93.9 Å². The van der Waals surface area contributed by atoms with E-state index in [2.05, 4.69) is 10.5 Å². The van der Waals surface area contributed by atoms with E-state index in [0.717, 1.165) is 11.3 Å². The monoisotopic (exact) mass is 413 g/mol. The average Bonchev–Trinajstić information content (AvgIpc) is 3.00. The van der Waals surface area contributed by atoms with Gasteiger partial charge < -0.3 is 18.9 Å². The summed E-state index contributed by atoms with van der Waals surface area (Å²) in [6.45, 7) is 8.76. The van der Waals surface area contributed by atoms with Crippen LogP contribution < -0.4 is 5.32 Å².